The third-order valence-electron chi connectivity index (χ3n) is 2.18. The molecule has 0 bridgehead atoms. The lowest BCUT2D eigenvalue weighted by molar-refractivity contribution is -0.115. The number of amides is 1. The molecule has 19 heavy (non-hydrogen) atoms. The van der Waals surface area contributed by atoms with E-state index in [1.165, 1.54) is 0 Å². The molecule has 7 heteroatoms. The number of nitrogens with zero attached hydrogens (tertiary/aromatic N) is 2. The molecule has 0 spiro atoms. The predicted octanol–water partition coefficient (Wildman–Crippen LogP) is -0.168. The smallest absolute Gasteiger partial charge is 0.243 e. The van der Waals surface area contributed by atoms with E-state index in [2.05, 4.69) is 25.9 Å². The van der Waals surface area contributed by atoms with Crippen LogP contribution in [0.15, 0.2) is 29.5 Å². The molecule has 1 rings (SSSR count). The third-order valence-corrected chi connectivity index (χ3v) is 2.18. The van der Waals surface area contributed by atoms with Gasteiger partial charge in [-0.2, -0.15) is 0 Å². The number of guanidine groups is 1. The number of pyridine rings is 1. The second-order valence-corrected chi connectivity index (χ2v) is 3.64. The maximum atomic E-state index is 11.7. The van der Waals surface area contributed by atoms with Gasteiger partial charge >= 0.3 is 0 Å². The van der Waals surface area contributed by atoms with Gasteiger partial charge in [-0.05, 0) is 12.1 Å². The number of hydrogen-bond acceptors (Lipinski definition) is 4. The first-order chi connectivity index (χ1) is 9.26. The van der Waals surface area contributed by atoms with Gasteiger partial charge in [0.05, 0.1) is 25.0 Å². The van der Waals surface area contributed by atoms with Gasteiger partial charge in [-0.1, -0.05) is 0 Å². The van der Waals surface area contributed by atoms with Crippen LogP contribution in [0.4, 0.5) is 5.69 Å². The van der Waals surface area contributed by atoms with Crippen molar-refractivity contribution in [3.05, 3.63) is 24.5 Å². The molecular weight excluding hydrogens is 246 g/mol. The van der Waals surface area contributed by atoms with Gasteiger partial charge in [0.25, 0.3) is 0 Å². The Hall–Kier alpha value is -2.15. The minimum absolute atomic E-state index is 0.127. The van der Waals surface area contributed by atoms with Gasteiger partial charge in [-0.15, -0.1) is 0 Å². The number of carbonyl (C=O) groups excluding carboxylic acids is 1. The van der Waals surface area contributed by atoms with Crippen LogP contribution in [0, 0.1) is 0 Å². The van der Waals surface area contributed by atoms with E-state index in [-0.39, 0.29) is 12.5 Å². The van der Waals surface area contributed by atoms with E-state index in [1.807, 2.05) is 0 Å². The van der Waals surface area contributed by atoms with Gasteiger partial charge in [0.15, 0.2) is 5.96 Å². The van der Waals surface area contributed by atoms with Crippen LogP contribution in [0.5, 0.6) is 0 Å². The summed E-state index contributed by atoms with van der Waals surface area (Å²) in [7, 11) is 3.26. The molecule has 0 fully saturated rings. The first kappa shape index (κ1) is 14.9. The summed E-state index contributed by atoms with van der Waals surface area (Å²) in [6.45, 7) is 1.32. The highest BCUT2D eigenvalue weighted by molar-refractivity contribution is 5.94. The molecule has 0 saturated heterocycles. The lowest BCUT2D eigenvalue weighted by atomic mass is 10.4. The number of methoxy groups -OCH3 is 1. The number of rotatable bonds is 6. The van der Waals surface area contributed by atoms with Crippen molar-refractivity contribution in [1.29, 1.82) is 0 Å². The van der Waals surface area contributed by atoms with Gasteiger partial charge in [0, 0.05) is 26.9 Å². The Morgan fingerprint density at radius 3 is 2.95 bits per heavy atom. The number of nitrogens with one attached hydrogen (secondary N) is 3. The Morgan fingerprint density at radius 1 is 1.47 bits per heavy atom. The highest BCUT2D eigenvalue weighted by Gasteiger charge is 2.03. The lowest BCUT2D eigenvalue weighted by Gasteiger charge is -2.11. The van der Waals surface area contributed by atoms with Gasteiger partial charge in [0.2, 0.25) is 5.91 Å². The van der Waals surface area contributed by atoms with Crippen molar-refractivity contribution in [3.8, 4) is 0 Å². The molecule has 0 unspecified atom stereocenters. The predicted molar refractivity (Wildman–Crippen MR) is 74.1 cm³/mol. The molecule has 0 aromatic carbocycles. The normalized spacial score (nSPS) is 10.9. The SMILES string of the molecule is CN=C(NCCOC)NCC(=O)Nc1cccnc1. The van der Waals surface area contributed by atoms with Crippen molar-refractivity contribution in [2.75, 3.05) is 39.2 Å². The van der Waals surface area contributed by atoms with Gasteiger partial charge < -0.3 is 20.7 Å². The summed E-state index contributed by atoms with van der Waals surface area (Å²) in [4.78, 5) is 19.6. The van der Waals surface area contributed by atoms with E-state index in [9.17, 15) is 4.79 Å². The minimum Gasteiger partial charge on any atom is -0.383 e. The van der Waals surface area contributed by atoms with Gasteiger partial charge in [-0.25, -0.2) is 0 Å². The van der Waals surface area contributed by atoms with Crippen LogP contribution >= 0.6 is 0 Å². The number of aliphatic imine (C=N–C) groups is 1. The van der Waals surface area contributed by atoms with E-state index in [4.69, 9.17) is 4.74 Å². The molecule has 1 aromatic heterocycles. The lowest BCUT2D eigenvalue weighted by Crippen LogP contribution is -2.42. The first-order valence-corrected chi connectivity index (χ1v) is 5.89. The van der Waals surface area contributed by atoms with E-state index in [1.54, 1.807) is 38.7 Å². The number of ether oxygens (including phenoxy) is 1. The molecule has 104 valence electrons. The summed E-state index contributed by atoms with van der Waals surface area (Å²) in [6.07, 6.45) is 3.24. The van der Waals surface area contributed by atoms with Gasteiger partial charge in [0.1, 0.15) is 0 Å². The van der Waals surface area contributed by atoms with Crippen molar-refractivity contribution in [2.45, 2.75) is 0 Å². The molecule has 3 N–H and O–H groups in total. The van der Waals surface area contributed by atoms with Crippen molar-refractivity contribution in [1.82, 2.24) is 15.6 Å². The van der Waals surface area contributed by atoms with Crippen molar-refractivity contribution in [3.63, 3.8) is 0 Å². The van der Waals surface area contributed by atoms with E-state index in [0.29, 0.717) is 24.8 Å². The van der Waals surface area contributed by atoms with Crippen LogP contribution in [0.3, 0.4) is 0 Å². The Labute approximate surface area is 112 Å². The van der Waals surface area contributed by atoms with Crippen LogP contribution < -0.4 is 16.0 Å². The van der Waals surface area contributed by atoms with Crippen LogP contribution in [0.2, 0.25) is 0 Å². The van der Waals surface area contributed by atoms with Crippen molar-refractivity contribution >= 4 is 17.6 Å². The van der Waals surface area contributed by atoms with Crippen LogP contribution in [-0.4, -0.2) is 50.7 Å². The standard InChI is InChI=1S/C12H19N5O2/c1-13-12(15-6-7-19-2)16-9-11(18)17-10-4-3-5-14-8-10/h3-5,8H,6-7,9H2,1-2H3,(H,17,18)(H2,13,15,16). The zero-order chi connectivity index (χ0) is 13.9. The number of carbonyl (C=O) groups is 1. The average molecular weight is 265 g/mol. The molecule has 0 aliphatic heterocycles. The Kier molecular flexibility index (Phi) is 6.96. The van der Waals surface area contributed by atoms with Crippen LogP contribution in [0.1, 0.15) is 0 Å². The zero-order valence-corrected chi connectivity index (χ0v) is 11.1. The maximum Gasteiger partial charge on any atom is 0.243 e. The summed E-state index contributed by atoms with van der Waals surface area (Å²) in [5, 5.41) is 8.63. The Morgan fingerprint density at radius 2 is 2.32 bits per heavy atom. The third kappa shape index (κ3) is 6.37. The van der Waals surface area contributed by atoms with E-state index in [0.717, 1.165) is 0 Å². The zero-order valence-electron chi connectivity index (χ0n) is 11.1. The number of anilines is 1. The highest BCUT2D eigenvalue weighted by Crippen LogP contribution is 2.01. The Bertz CT molecular complexity index is 408. The monoisotopic (exact) mass is 265 g/mol. The molecule has 1 aromatic rings. The largest absolute Gasteiger partial charge is 0.383 e. The molecule has 7 nitrogen and oxygen atoms in total. The molecule has 1 amide bonds. The first-order valence-electron chi connectivity index (χ1n) is 5.89. The summed E-state index contributed by atoms with van der Waals surface area (Å²) in [5.74, 6) is 0.390. The second kappa shape index (κ2) is 8.87. The van der Waals surface area contributed by atoms with Crippen molar-refractivity contribution < 1.29 is 9.53 Å². The molecule has 0 saturated carbocycles. The number of hydrogen-bond donors (Lipinski definition) is 3. The summed E-state index contributed by atoms with van der Waals surface area (Å²) < 4.78 is 4.91. The summed E-state index contributed by atoms with van der Waals surface area (Å²) in [6, 6.07) is 3.53. The van der Waals surface area contributed by atoms with Crippen LogP contribution in [-0.2, 0) is 9.53 Å². The topological polar surface area (TPSA) is 87.6 Å². The molecule has 0 radical (unpaired) electrons. The van der Waals surface area contributed by atoms with E-state index < -0.39 is 0 Å². The Balaban J connectivity index is 2.29. The molecule has 1 heterocycles. The molecule has 0 atom stereocenters. The number of aromatic nitrogens is 1. The van der Waals surface area contributed by atoms with Crippen molar-refractivity contribution in [2.24, 2.45) is 4.99 Å². The summed E-state index contributed by atoms with van der Waals surface area (Å²) in [5.41, 5.74) is 0.664. The fourth-order valence-corrected chi connectivity index (χ4v) is 1.30. The van der Waals surface area contributed by atoms with Gasteiger partial charge in [-0.3, -0.25) is 14.8 Å². The maximum absolute atomic E-state index is 11.7. The fourth-order valence-electron chi connectivity index (χ4n) is 1.30. The molecule has 0 aliphatic rings. The second-order valence-electron chi connectivity index (χ2n) is 3.64. The average Bonchev–Trinajstić information content (AvgIpc) is 2.44. The van der Waals surface area contributed by atoms with Crippen LogP contribution in [0.25, 0.3) is 0 Å². The molecular formula is C12H19N5O2. The van der Waals surface area contributed by atoms with E-state index >= 15 is 0 Å². The fraction of sp³-hybridized carbons (Fsp3) is 0.417. The highest BCUT2D eigenvalue weighted by atomic mass is 16.5. The minimum atomic E-state index is -0.164. The summed E-state index contributed by atoms with van der Waals surface area (Å²) >= 11 is 0. The molecule has 0 aliphatic carbocycles. The quantitative estimate of drug-likeness (QED) is 0.378.